The molecule has 23 heavy (non-hydrogen) atoms. The number of nitrogens with zero attached hydrogens (tertiary/aromatic N) is 2. The average Bonchev–Trinajstić information content (AvgIpc) is 2.93. The van der Waals surface area contributed by atoms with Gasteiger partial charge in [-0.2, -0.15) is 4.31 Å². The van der Waals surface area contributed by atoms with Crippen LogP contribution in [-0.2, 0) is 14.8 Å². The van der Waals surface area contributed by atoms with E-state index in [0.29, 0.717) is 30.3 Å². The van der Waals surface area contributed by atoms with E-state index in [-0.39, 0.29) is 5.91 Å². The molecule has 0 radical (unpaired) electrons. The summed E-state index contributed by atoms with van der Waals surface area (Å²) in [6.07, 6.45) is 3.44. The smallest absolute Gasteiger partial charge is 0.243 e. The monoisotopic (exact) mass is 336 g/mol. The average molecular weight is 336 g/mol. The minimum absolute atomic E-state index is 0.119. The maximum absolute atomic E-state index is 12.8. The zero-order chi connectivity index (χ0) is 16.6. The van der Waals surface area contributed by atoms with Gasteiger partial charge in [-0.05, 0) is 55.9 Å². The lowest BCUT2D eigenvalue weighted by Crippen LogP contribution is -2.39. The van der Waals surface area contributed by atoms with Crippen molar-refractivity contribution in [2.75, 3.05) is 24.5 Å². The van der Waals surface area contributed by atoms with E-state index in [1.54, 1.807) is 27.4 Å². The van der Waals surface area contributed by atoms with Crippen molar-refractivity contribution in [3.63, 3.8) is 0 Å². The summed E-state index contributed by atoms with van der Waals surface area (Å²) in [5.74, 6) is 0.523. The van der Waals surface area contributed by atoms with Crippen molar-refractivity contribution in [1.29, 1.82) is 0 Å². The molecule has 2 aliphatic heterocycles. The van der Waals surface area contributed by atoms with Crippen LogP contribution in [0.3, 0.4) is 0 Å². The van der Waals surface area contributed by atoms with Gasteiger partial charge in [0.15, 0.2) is 0 Å². The summed E-state index contributed by atoms with van der Waals surface area (Å²) >= 11 is 0. The first-order valence-corrected chi connectivity index (χ1v) is 9.75. The highest BCUT2D eigenvalue weighted by molar-refractivity contribution is 7.89. The molecule has 5 nitrogen and oxygen atoms in total. The number of hydrogen-bond acceptors (Lipinski definition) is 3. The second kappa shape index (κ2) is 6.24. The van der Waals surface area contributed by atoms with Crippen molar-refractivity contribution in [3.8, 4) is 0 Å². The van der Waals surface area contributed by atoms with Gasteiger partial charge in [0.25, 0.3) is 0 Å². The van der Waals surface area contributed by atoms with Gasteiger partial charge < -0.3 is 4.90 Å². The lowest BCUT2D eigenvalue weighted by molar-refractivity contribution is -0.117. The topological polar surface area (TPSA) is 57.7 Å². The first-order valence-electron chi connectivity index (χ1n) is 8.31. The molecular weight excluding hydrogens is 312 g/mol. The third-order valence-corrected chi connectivity index (χ3v) is 6.65. The Bertz CT molecular complexity index is 715. The SMILES string of the molecule is Cc1cc(S(=O)(=O)N2CCC[C@@H](C)C2)ccc1N1CCCC1=O. The van der Waals surface area contributed by atoms with Gasteiger partial charge in [-0.1, -0.05) is 6.92 Å². The number of anilines is 1. The Morgan fingerprint density at radius 3 is 2.57 bits per heavy atom. The van der Waals surface area contributed by atoms with Crippen molar-refractivity contribution in [3.05, 3.63) is 23.8 Å². The molecule has 126 valence electrons. The lowest BCUT2D eigenvalue weighted by atomic mass is 10.0. The molecular formula is C17H24N2O3S. The molecule has 6 heteroatoms. The second-order valence-corrected chi connectivity index (χ2v) is 8.65. The van der Waals surface area contributed by atoms with Crippen LogP contribution in [0.2, 0.25) is 0 Å². The highest BCUT2D eigenvalue weighted by Crippen LogP contribution is 2.29. The molecule has 0 unspecified atom stereocenters. The standard InChI is InChI=1S/C17H24N2O3S/c1-13-5-3-9-18(12-13)23(21,22)15-7-8-16(14(2)11-15)19-10-4-6-17(19)20/h7-8,11,13H,3-6,9-10,12H2,1-2H3/t13-/m1/s1. The summed E-state index contributed by atoms with van der Waals surface area (Å²) in [5.41, 5.74) is 1.67. The fourth-order valence-electron chi connectivity index (χ4n) is 3.51. The van der Waals surface area contributed by atoms with Gasteiger partial charge >= 0.3 is 0 Å². The van der Waals surface area contributed by atoms with Gasteiger partial charge in [0.2, 0.25) is 15.9 Å². The Balaban J connectivity index is 1.88. The molecule has 2 heterocycles. The summed E-state index contributed by atoms with van der Waals surface area (Å²) in [6, 6.07) is 5.12. The number of piperidine rings is 1. The van der Waals surface area contributed by atoms with Crippen molar-refractivity contribution in [1.82, 2.24) is 4.31 Å². The van der Waals surface area contributed by atoms with Gasteiger partial charge in [-0.3, -0.25) is 4.79 Å². The van der Waals surface area contributed by atoms with Gasteiger partial charge in [0, 0.05) is 31.7 Å². The molecule has 0 spiro atoms. The van der Waals surface area contributed by atoms with Crippen LogP contribution in [0.1, 0.15) is 38.2 Å². The summed E-state index contributed by atoms with van der Waals surface area (Å²) in [4.78, 5) is 14.0. The summed E-state index contributed by atoms with van der Waals surface area (Å²) in [7, 11) is -3.44. The highest BCUT2D eigenvalue weighted by Gasteiger charge is 2.30. The van der Waals surface area contributed by atoms with E-state index < -0.39 is 10.0 Å². The van der Waals surface area contributed by atoms with Crippen LogP contribution in [0.4, 0.5) is 5.69 Å². The molecule has 1 atom stereocenters. The number of carbonyl (C=O) groups is 1. The molecule has 1 aromatic carbocycles. The fourth-order valence-corrected chi connectivity index (χ4v) is 5.19. The molecule has 2 aliphatic rings. The largest absolute Gasteiger partial charge is 0.312 e. The number of amides is 1. The fraction of sp³-hybridized carbons (Fsp3) is 0.588. The normalized spacial score (nSPS) is 23.5. The van der Waals surface area contributed by atoms with Gasteiger partial charge in [0.1, 0.15) is 0 Å². The highest BCUT2D eigenvalue weighted by atomic mass is 32.2. The third kappa shape index (κ3) is 3.15. The molecule has 1 amide bonds. The van der Waals surface area contributed by atoms with Crippen LogP contribution >= 0.6 is 0 Å². The van der Waals surface area contributed by atoms with Crippen molar-refractivity contribution < 1.29 is 13.2 Å². The molecule has 0 N–H and O–H groups in total. The number of carbonyl (C=O) groups excluding carboxylic acids is 1. The Morgan fingerprint density at radius 2 is 1.96 bits per heavy atom. The van der Waals surface area contributed by atoms with E-state index in [4.69, 9.17) is 0 Å². The minimum atomic E-state index is -3.44. The summed E-state index contributed by atoms with van der Waals surface area (Å²) < 4.78 is 27.2. The number of sulfonamides is 1. The zero-order valence-corrected chi connectivity index (χ0v) is 14.6. The molecule has 0 aromatic heterocycles. The van der Waals surface area contributed by atoms with E-state index in [0.717, 1.165) is 37.1 Å². The van der Waals surface area contributed by atoms with Crippen LogP contribution in [0, 0.1) is 12.8 Å². The molecule has 0 saturated carbocycles. The number of hydrogen-bond donors (Lipinski definition) is 0. The maximum Gasteiger partial charge on any atom is 0.243 e. The molecule has 0 bridgehead atoms. The van der Waals surface area contributed by atoms with E-state index in [1.165, 1.54) is 0 Å². The van der Waals surface area contributed by atoms with Crippen LogP contribution in [-0.4, -0.2) is 38.3 Å². The first kappa shape index (κ1) is 16.5. The van der Waals surface area contributed by atoms with E-state index in [2.05, 4.69) is 6.92 Å². The minimum Gasteiger partial charge on any atom is -0.312 e. The Hall–Kier alpha value is -1.40. The van der Waals surface area contributed by atoms with Crippen molar-refractivity contribution in [2.45, 2.75) is 44.4 Å². The van der Waals surface area contributed by atoms with Crippen LogP contribution in [0.5, 0.6) is 0 Å². The molecule has 3 rings (SSSR count). The van der Waals surface area contributed by atoms with Crippen LogP contribution in [0.25, 0.3) is 0 Å². The number of aryl methyl sites for hydroxylation is 1. The molecule has 2 fully saturated rings. The third-order valence-electron chi connectivity index (χ3n) is 4.79. The Labute approximate surface area is 138 Å². The Kier molecular flexibility index (Phi) is 4.47. The maximum atomic E-state index is 12.8. The van der Waals surface area contributed by atoms with E-state index >= 15 is 0 Å². The van der Waals surface area contributed by atoms with Gasteiger partial charge in [0.05, 0.1) is 4.90 Å². The Morgan fingerprint density at radius 1 is 1.17 bits per heavy atom. The summed E-state index contributed by atoms with van der Waals surface area (Å²) in [5, 5.41) is 0. The molecule has 2 saturated heterocycles. The zero-order valence-electron chi connectivity index (χ0n) is 13.8. The van der Waals surface area contributed by atoms with Crippen LogP contribution in [0.15, 0.2) is 23.1 Å². The molecule has 1 aromatic rings. The van der Waals surface area contributed by atoms with Crippen molar-refractivity contribution >= 4 is 21.6 Å². The van der Waals surface area contributed by atoms with Gasteiger partial charge in [-0.15, -0.1) is 0 Å². The van der Waals surface area contributed by atoms with Crippen molar-refractivity contribution in [2.24, 2.45) is 5.92 Å². The predicted octanol–water partition coefficient (Wildman–Crippen LogP) is 2.54. The summed E-state index contributed by atoms with van der Waals surface area (Å²) in [6.45, 7) is 5.87. The van der Waals surface area contributed by atoms with E-state index in [9.17, 15) is 13.2 Å². The second-order valence-electron chi connectivity index (χ2n) is 6.71. The van der Waals surface area contributed by atoms with Crippen LogP contribution < -0.4 is 4.90 Å². The number of rotatable bonds is 3. The lowest BCUT2D eigenvalue weighted by Gasteiger charge is -2.30. The quantitative estimate of drug-likeness (QED) is 0.852. The number of benzene rings is 1. The molecule has 0 aliphatic carbocycles. The van der Waals surface area contributed by atoms with E-state index in [1.807, 2.05) is 6.92 Å². The van der Waals surface area contributed by atoms with Gasteiger partial charge in [-0.25, -0.2) is 8.42 Å². The predicted molar refractivity (Wildman–Crippen MR) is 89.9 cm³/mol. The first-order chi connectivity index (χ1) is 10.9.